The second-order valence-corrected chi connectivity index (χ2v) is 8.54. The van der Waals surface area contributed by atoms with Crippen molar-refractivity contribution in [1.29, 1.82) is 0 Å². The molecule has 0 aliphatic heterocycles. The zero-order valence-corrected chi connectivity index (χ0v) is 21.0. The minimum absolute atomic E-state index is 0.0384. The normalized spacial score (nSPS) is 9.74. The Labute approximate surface area is 211 Å². The van der Waals surface area contributed by atoms with Gasteiger partial charge >= 0.3 is 0 Å². The van der Waals surface area contributed by atoms with E-state index in [4.69, 9.17) is 16.7 Å². The van der Waals surface area contributed by atoms with Crippen LogP contribution < -0.4 is 0 Å². The second-order valence-electron chi connectivity index (χ2n) is 8.20. The van der Waals surface area contributed by atoms with Crippen molar-refractivity contribution in [3.63, 3.8) is 0 Å². The number of benzene rings is 4. The van der Waals surface area contributed by atoms with Crippen LogP contribution in [-0.2, 0) is 0 Å². The monoisotopic (exact) mass is 488 g/mol. The molecule has 0 saturated carbocycles. The summed E-state index contributed by atoms with van der Waals surface area (Å²) in [7, 11) is 0. The predicted molar refractivity (Wildman–Crippen MR) is 142 cm³/mol. The molecule has 4 nitrogen and oxygen atoms in total. The average Bonchev–Trinajstić information content (AvgIpc) is 2.79. The van der Waals surface area contributed by atoms with Crippen molar-refractivity contribution >= 4 is 22.6 Å². The summed E-state index contributed by atoms with van der Waals surface area (Å²) in [6.45, 7) is 7.68. The Balaban J connectivity index is 0.000000204. The van der Waals surface area contributed by atoms with E-state index in [2.05, 4.69) is 0 Å². The molecule has 0 fully saturated rings. The average molecular weight is 489 g/mol. The second kappa shape index (κ2) is 13.1. The van der Waals surface area contributed by atoms with Crippen LogP contribution in [0.2, 0.25) is 0 Å². The summed E-state index contributed by atoms with van der Waals surface area (Å²) in [4.78, 5) is 22.7. The number of hydrogen-bond donors (Lipinski definition) is 2. The van der Waals surface area contributed by atoms with Gasteiger partial charge in [-0.2, -0.15) is 0 Å². The van der Waals surface area contributed by atoms with Crippen LogP contribution >= 0.6 is 11.6 Å². The molecule has 0 radical (unpaired) electrons. The van der Waals surface area contributed by atoms with E-state index in [0.717, 1.165) is 22.3 Å². The molecule has 4 rings (SSSR count). The quantitative estimate of drug-likeness (QED) is 0.234. The maximum Gasteiger partial charge on any atom is 0.252 e. The number of hydrogen-bond acceptors (Lipinski definition) is 4. The fourth-order valence-electron chi connectivity index (χ4n) is 3.17. The highest BCUT2D eigenvalue weighted by Gasteiger charge is 2.13. The van der Waals surface area contributed by atoms with Crippen molar-refractivity contribution in [2.24, 2.45) is 0 Å². The van der Waals surface area contributed by atoms with E-state index in [1.807, 2.05) is 76.2 Å². The Morgan fingerprint density at radius 3 is 1.51 bits per heavy atom. The first kappa shape index (κ1) is 27.4. The van der Waals surface area contributed by atoms with Crippen LogP contribution in [0.3, 0.4) is 0 Å². The third kappa shape index (κ3) is 9.11. The smallest absolute Gasteiger partial charge is 0.252 e. The summed E-state index contributed by atoms with van der Waals surface area (Å²) in [5.74, 6) is 0.229. The lowest BCUT2D eigenvalue weighted by Gasteiger charge is -2.05. The van der Waals surface area contributed by atoms with Crippen LogP contribution in [0.1, 0.15) is 48.5 Å². The van der Waals surface area contributed by atoms with Crippen LogP contribution in [-0.4, -0.2) is 21.2 Å². The SMILES string of the molecule is Cc1cccc(C(=O)Cl)c1.Cc1cccc(C(=O)c2ccc(C)cc2O)c1.Cc1cccc(O)c1. The number of rotatable bonds is 3. The molecule has 0 heterocycles. The highest BCUT2D eigenvalue weighted by atomic mass is 35.5. The van der Waals surface area contributed by atoms with Gasteiger partial charge in [0.05, 0.1) is 5.56 Å². The molecule has 4 aromatic rings. The number of phenolic OH excluding ortho intramolecular Hbond substituents is 2. The summed E-state index contributed by atoms with van der Waals surface area (Å²) in [5, 5.41) is 18.2. The van der Waals surface area contributed by atoms with Gasteiger partial charge in [0.15, 0.2) is 5.78 Å². The molecule has 0 atom stereocenters. The number of carbonyl (C=O) groups excluding carboxylic acids is 2. The molecule has 2 N–H and O–H groups in total. The molecule has 0 bridgehead atoms. The summed E-state index contributed by atoms with van der Waals surface area (Å²) >= 11 is 5.24. The summed E-state index contributed by atoms with van der Waals surface area (Å²) in [6.07, 6.45) is 0. The fourth-order valence-corrected chi connectivity index (χ4v) is 3.29. The number of halogens is 1. The van der Waals surface area contributed by atoms with Crippen molar-refractivity contribution in [2.45, 2.75) is 27.7 Å². The van der Waals surface area contributed by atoms with Gasteiger partial charge in [-0.15, -0.1) is 0 Å². The van der Waals surface area contributed by atoms with E-state index in [1.165, 1.54) is 0 Å². The van der Waals surface area contributed by atoms with Crippen molar-refractivity contribution < 1.29 is 19.8 Å². The van der Waals surface area contributed by atoms with Gasteiger partial charge in [-0.25, -0.2) is 0 Å². The van der Waals surface area contributed by atoms with Gasteiger partial charge in [-0.05, 0) is 86.8 Å². The Morgan fingerprint density at radius 2 is 1.09 bits per heavy atom. The Hall–Kier alpha value is -3.89. The zero-order valence-electron chi connectivity index (χ0n) is 20.2. The Morgan fingerprint density at radius 1 is 0.600 bits per heavy atom. The van der Waals surface area contributed by atoms with Crippen molar-refractivity contribution in [3.8, 4) is 11.5 Å². The zero-order chi connectivity index (χ0) is 26.0. The van der Waals surface area contributed by atoms with Crippen LogP contribution in [0, 0.1) is 27.7 Å². The maximum absolute atomic E-state index is 12.2. The van der Waals surface area contributed by atoms with Gasteiger partial charge in [-0.3, -0.25) is 9.59 Å². The van der Waals surface area contributed by atoms with Crippen LogP contribution in [0.5, 0.6) is 11.5 Å². The standard InChI is InChI=1S/C15H14O2.C8H7ClO.C7H8O/c1-10-4-3-5-12(8-10)15(17)13-7-6-11(2)9-14(13)16;1-6-3-2-4-7(5-6)8(9)10;1-6-3-2-4-7(8)5-6/h3-9,16H,1-2H3;2-5H,1H3;2-5,8H,1H3. The first-order chi connectivity index (χ1) is 16.6. The molecule has 180 valence electrons. The van der Waals surface area contributed by atoms with Crippen molar-refractivity contribution in [2.75, 3.05) is 0 Å². The first-order valence-corrected chi connectivity index (χ1v) is 11.4. The van der Waals surface area contributed by atoms with E-state index in [-0.39, 0.29) is 11.5 Å². The molecule has 35 heavy (non-hydrogen) atoms. The molecule has 0 unspecified atom stereocenters. The lowest BCUT2D eigenvalue weighted by Crippen LogP contribution is -2.02. The molecule has 0 aliphatic carbocycles. The van der Waals surface area contributed by atoms with Gasteiger partial charge < -0.3 is 10.2 Å². The summed E-state index contributed by atoms with van der Waals surface area (Å²) in [5.41, 5.74) is 5.61. The largest absolute Gasteiger partial charge is 0.508 e. The highest BCUT2D eigenvalue weighted by Crippen LogP contribution is 2.22. The van der Waals surface area contributed by atoms with E-state index >= 15 is 0 Å². The summed E-state index contributed by atoms with van der Waals surface area (Å²) in [6, 6.07) is 26.8. The van der Waals surface area contributed by atoms with Gasteiger partial charge in [0.25, 0.3) is 5.24 Å². The van der Waals surface area contributed by atoms with Gasteiger partial charge in [0.2, 0.25) is 0 Å². The highest BCUT2D eigenvalue weighted by molar-refractivity contribution is 6.67. The minimum Gasteiger partial charge on any atom is -0.508 e. The number of ketones is 1. The number of aromatic hydroxyl groups is 2. The third-order valence-corrected chi connectivity index (χ3v) is 5.14. The van der Waals surface area contributed by atoms with Gasteiger partial charge in [-0.1, -0.05) is 65.7 Å². The lowest BCUT2D eigenvalue weighted by atomic mass is 10.00. The molecular weight excluding hydrogens is 460 g/mol. The van der Waals surface area contributed by atoms with E-state index in [9.17, 15) is 14.7 Å². The lowest BCUT2D eigenvalue weighted by molar-refractivity contribution is 0.103. The molecule has 0 aromatic heterocycles. The van der Waals surface area contributed by atoms with Crippen molar-refractivity contribution in [1.82, 2.24) is 0 Å². The Bertz CT molecular complexity index is 1290. The number of carbonyl (C=O) groups is 2. The predicted octanol–water partition coefficient (Wildman–Crippen LogP) is 7.31. The first-order valence-electron chi connectivity index (χ1n) is 11.0. The van der Waals surface area contributed by atoms with Gasteiger partial charge in [0, 0.05) is 11.1 Å². The van der Waals surface area contributed by atoms with Crippen LogP contribution in [0.15, 0.2) is 91.0 Å². The van der Waals surface area contributed by atoms with E-state index < -0.39 is 5.24 Å². The number of phenols is 2. The fraction of sp³-hybridized carbons (Fsp3) is 0.133. The van der Waals surface area contributed by atoms with Crippen LogP contribution in [0.25, 0.3) is 0 Å². The molecule has 0 spiro atoms. The van der Waals surface area contributed by atoms with Gasteiger partial charge in [0.1, 0.15) is 11.5 Å². The molecule has 0 aliphatic rings. The van der Waals surface area contributed by atoms with Crippen molar-refractivity contribution in [3.05, 3.63) is 130 Å². The summed E-state index contributed by atoms with van der Waals surface area (Å²) < 4.78 is 0. The molecule has 4 aromatic carbocycles. The molecule has 5 heteroatoms. The third-order valence-electron chi connectivity index (χ3n) is 4.92. The molecule has 0 saturated heterocycles. The molecule has 0 amide bonds. The van der Waals surface area contributed by atoms with E-state index in [1.54, 1.807) is 42.5 Å². The molecular formula is C30H29ClO4. The van der Waals surface area contributed by atoms with E-state index in [0.29, 0.717) is 22.4 Å². The maximum atomic E-state index is 12.2. The Kier molecular flexibility index (Phi) is 10.2. The topological polar surface area (TPSA) is 74.6 Å². The van der Waals surface area contributed by atoms with Crippen LogP contribution in [0.4, 0.5) is 0 Å². The number of aryl methyl sites for hydroxylation is 4. The minimum atomic E-state index is -0.399.